The standard InChI is InChI=1S/C80H77N15O3/c81-46-55-15-1-18-58(43-55)75(72(61-21-4-32-84-49-61)62-22-5-33-85-50-62)91-38-10-27-67(91)79(97)93-40-12-30-70(93)90-78(96)69-29-14-42-95(69,77(60-20-3-17-57(45-60)48-83)74(65-25-8-36-88-53-65)66-26-9-37-89-54-66)71-31-13-41-94(71)80(98)68-28-11-39-92(68)76(59-19-2-16-56(44-59)47-82)73(63-23-6-34-86-51-63)64-24-7-35-87-52-64/h1-9,15-26,32-37,43-45,49-54,67-77H,10-14,27-31,38-42H2/p+1/t67-,68-,69-,70?,71?,75?,76?,77?,95?/m0/s1. The number of aromatic nitrogens is 6. The van der Waals surface area contributed by atoms with Gasteiger partial charge in [-0.25, -0.2) is 0 Å². The highest BCUT2D eigenvalue weighted by Crippen LogP contribution is 2.54. The summed E-state index contributed by atoms with van der Waals surface area (Å²) in [6.07, 6.45) is 27.0. The van der Waals surface area contributed by atoms with Crippen LogP contribution in [-0.2, 0) is 14.4 Å². The van der Waals surface area contributed by atoms with Crippen LogP contribution < -0.4 is 5.32 Å². The van der Waals surface area contributed by atoms with Crippen LogP contribution in [0.5, 0.6) is 0 Å². The van der Waals surface area contributed by atoms with Crippen LogP contribution in [0.4, 0.5) is 0 Å². The zero-order valence-corrected chi connectivity index (χ0v) is 54.7. The third kappa shape index (κ3) is 12.7. The quantitative estimate of drug-likeness (QED) is 0.0701. The van der Waals surface area contributed by atoms with Crippen molar-refractivity contribution >= 4 is 17.7 Å². The Hall–Kier alpha value is -10.7. The first-order valence-electron chi connectivity index (χ1n) is 34.5. The first-order chi connectivity index (χ1) is 48.3. The molecule has 9 aromatic rings. The van der Waals surface area contributed by atoms with Crippen molar-refractivity contribution in [3.8, 4) is 18.2 Å². The Bertz CT molecular complexity index is 4270. The molecule has 98 heavy (non-hydrogen) atoms. The van der Waals surface area contributed by atoms with E-state index in [1.807, 2.05) is 133 Å². The Labute approximate surface area is 572 Å². The Morgan fingerprint density at radius 2 is 0.796 bits per heavy atom. The molecular weight excluding hydrogens is 1220 g/mol. The number of nitriles is 3. The molecule has 9 atom stereocenters. The van der Waals surface area contributed by atoms with E-state index >= 15 is 14.4 Å². The largest absolute Gasteiger partial charge is 0.331 e. The van der Waals surface area contributed by atoms with Gasteiger partial charge in [0.2, 0.25) is 11.8 Å². The van der Waals surface area contributed by atoms with Crippen LogP contribution >= 0.6 is 0 Å². The topological polar surface area (TPSA) is 225 Å². The number of hydrogen-bond donors (Lipinski definition) is 1. The number of carbonyl (C=O) groups is 3. The summed E-state index contributed by atoms with van der Waals surface area (Å²) >= 11 is 0. The molecule has 11 heterocycles. The molecule has 6 unspecified atom stereocenters. The Morgan fingerprint density at radius 1 is 0.418 bits per heavy atom. The van der Waals surface area contributed by atoms with Crippen molar-refractivity contribution in [1.29, 1.82) is 15.8 Å². The number of carbonyl (C=O) groups excluding carboxylic acids is 3. The molecule has 5 saturated heterocycles. The van der Waals surface area contributed by atoms with Crippen LogP contribution in [0.1, 0.15) is 167 Å². The molecule has 1 N–H and O–H groups in total. The lowest BCUT2D eigenvalue weighted by molar-refractivity contribution is -0.990. The highest BCUT2D eigenvalue weighted by molar-refractivity contribution is 5.86. The lowest BCUT2D eigenvalue weighted by Crippen LogP contribution is -2.70. The Balaban J connectivity index is 0.866. The number of nitrogens with zero attached hydrogens (tertiary/aromatic N) is 14. The number of pyridine rings is 6. The summed E-state index contributed by atoms with van der Waals surface area (Å²) in [6, 6.07) is 51.2. The van der Waals surface area contributed by atoms with Gasteiger partial charge in [-0.05, 0) is 175 Å². The van der Waals surface area contributed by atoms with Crippen LogP contribution in [0.25, 0.3) is 0 Å². The summed E-state index contributed by atoms with van der Waals surface area (Å²) in [5.41, 5.74) is 9.75. The molecular formula is C80H78N15O3+. The second kappa shape index (κ2) is 29.3. The molecule has 0 spiro atoms. The number of likely N-dealkylation sites (tertiary alicyclic amines) is 5. The number of amides is 3. The molecule has 18 nitrogen and oxygen atoms in total. The Kier molecular flexibility index (Phi) is 19.4. The monoisotopic (exact) mass is 1300 g/mol. The van der Waals surface area contributed by atoms with E-state index in [2.05, 4.69) is 107 Å². The van der Waals surface area contributed by atoms with Crippen LogP contribution in [0.15, 0.2) is 220 Å². The summed E-state index contributed by atoms with van der Waals surface area (Å²) in [5, 5.41) is 35.1. The van der Waals surface area contributed by atoms with Crippen molar-refractivity contribution in [2.45, 2.75) is 131 Å². The maximum Gasteiger partial charge on any atom is 0.280 e. The van der Waals surface area contributed by atoms with E-state index < -0.39 is 54.5 Å². The van der Waals surface area contributed by atoms with E-state index in [-0.39, 0.29) is 34.0 Å². The van der Waals surface area contributed by atoms with Gasteiger partial charge in [0.05, 0.1) is 59.4 Å². The van der Waals surface area contributed by atoms with Gasteiger partial charge in [0, 0.05) is 136 Å². The van der Waals surface area contributed by atoms with Gasteiger partial charge in [-0.1, -0.05) is 72.8 Å². The van der Waals surface area contributed by atoms with Gasteiger partial charge < -0.3 is 10.2 Å². The van der Waals surface area contributed by atoms with Crippen LogP contribution in [0, 0.1) is 34.0 Å². The lowest BCUT2D eigenvalue weighted by atomic mass is 9.79. The van der Waals surface area contributed by atoms with Crippen molar-refractivity contribution in [3.63, 3.8) is 0 Å². The van der Waals surface area contributed by atoms with Gasteiger partial charge in [-0.15, -0.1) is 0 Å². The fourth-order valence-corrected chi connectivity index (χ4v) is 17.6. The minimum absolute atomic E-state index is 0.0180. The molecule has 0 radical (unpaired) electrons. The first-order valence-corrected chi connectivity index (χ1v) is 34.5. The van der Waals surface area contributed by atoms with E-state index in [0.717, 1.165) is 62.9 Å². The summed E-state index contributed by atoms with van der Waals surface area (Å²) in [7, 11) is 0. The van der Waals surface area contributed by atoms with E-state index in [9.17, 15) is 15.8 Å². The van der Waals surface area contributed by atoms with Crippen LogP contribution in [0.2, 0.25) is 0 Å². The molecule has 5 fully saturated rings. The highest BCUT2D eigenvalue weighted by atomic mass is 16.2. The first kappa shape index (κ1) is 64.6. The lowest BCUT2D eigenvalue weighted by Gasteiger charge is -2.54. The fourth-order valence-electron chi connectivity index (χ4n) is 17.6. The summed E-state index contributed by atoms with van der Waals surface area (Å²) in [6.45, 7) is 2.63. The summed E-state index contributed by atoms with van der Waals surface area (Å²) < 4.78 is 0.153. The van der Waals surface area contributed by atoms with Gasteiger partial charge in [-0.2, -0.15) is 15.8 Å². The van der Waals surface area contributed by atoms with Gasteiger partial charge >= 0.3 is 0 Å². The molecule has 5 aliphatic rings. The average Bonchev–Trinajstić information content (AvgIpc) is 1.49. The van der Waals surface area contributed by atoms with E-state index in [0.29, 0.717) is 101 Å². The number of rotatable bonds is 20. The zero-order valence-electron chi connectivity index (χ0n) is 54.7. The Morgan fingerprint density at radius 3 is 1.22 bits per heavy atom. The summed E-state index contributed by atoms with van der Waals surface area (Å²) in [4.78, 5) is 86.2. The highest BCUT2D eigenvalue weighted by Gasteiger charge is 2.62. The predicted molar refractivity (Wildman–Crippen MR) is 368 cm³/mol. The minimum atomic E-state index is -0.751. The van der Waals surface area contributed by atoms with Crippen LogP contribution in [0.3, 0.4) is 0 Å². The van der Waals surface area contributed by atoms with Crippen LogP contribution in [-0.4, -0.2) is 135 Å². The number of quaternary nitrogens is 1. The molecule has 0 bridgehead atoms. The zero-order chi connectivity index (χ0) is 67.0. The molecule has 14 rings (SSSR count). The summed E-state index contributed by atoms with van der Waals surface area (Å²) in [5.74, 6) is -1.41. The second-order valence-electron chi connectivity index (χ2n) is 26.7. The van der Waals surface area contributed by atoms with Crippen molar-refractivity contribution < 1.29 is 18.9 Å². The van der Waals surface area contributed by atoms with Gasteiger partial charge in [-0.3, -0.25) is 63.5 Å². The van der Waals surface area contributed by atoms with Gasteiger partial charge in [0.1, 0.15) is 12.2 Å². The molecule has 490 valence electrons. The smallest absolute Gasteiger partial charge is 0.280 e. The predicted octanol–water partition coefficient (Wildman–Crippen LogP) is 11.6. The van der Waals surface area contributed by atoms with E-state index in [1.54, 1.807) is 43.2 Å². The van der Waals surface area contributed by atoms with Crippen molar-refractivity contribution in [2.75, 3.05) is 32.7 Å². The second-order valence-corrected chi connectivity index (χ2v) is 26.7. The number of benzene rings is 3. The van der Waals surface area contributed by atoms with Gasteiger partial charge in [0.15, 0.2) is 12.2 Å². The maximum atomic E-state index is 16.9. The van der Waals surface area contributed by atoms with E-state index in [1.165, 1.54) is 0 Å². The third-order valence-corrected chi connectivity index (χ3v) is 21.5. The maximum absolute atomic E-state index is 16.9. The average molecular weight is 1300 g/mol. The van der Waals surface area contributed by atoms with Crippen molar-refractivity contribution in [3.05, 3.63) is 287 Å². The SMILES string of the molecule is N#Cc1cccc(C(C(c2cccnc2)c2cccnc2)N2CCC[C@H]2C(=O)N2CCCC2NC(=O)[C@@H]2CCC[N+]2(C(c2cccc(C#N)c2)C(c2cccnc2)c2cccnc2)C2CCCN2C(=O)[C@@H]2CCCN2C(c2cccc(C#N)c2)C(c2cccnc2)c2cccnc2)c1. The van der Waals surface area contributed by atoms with E-state index in [4.69, 9.17) is 9.97 Å². The normalized spacial score (nSPS) is 21.9. The molecule has 0 saturated carbocycles. The molecule has 0 aliphatic carbocycles. The van der Waals surface area contributed by atoms with Crippen molar-refractivity contribution in [2.24, 2.45) is 0 Å². The minimum Gasteiger partial charge on any atom is -0.331 e. The molecule has 5 aliphatic heterocycles. The molecule has 3 amide bonds. The number of hydrogen-bond acceptors (Lipinski definition) is 14. The number of nitrogens with one attached hydrogen (secondary N) is 1. The third-order valence-electron chi connectivity index (χ3n) is 21.5. The fraction of sp³-hybridized carbons (Fsp3) is 0.325. The van der Waals surface area contributed by atoms with Gasteiger partial charge in [0.25, 0.3) is 5.91 Å². The molecule has 3 aromatic carbocycles. The molecule has 6 aromatic heterocycles. The van der Waals surface area contributed by atoms with Crippen molar-refractivity contribution in [1.82, 2.24) is 54.8 Å². The molecule has 18 heteroatoms.